The molecule has 13 heavy (non-hydrogen) atoms. The number of ketones is 1. The first-order valence-corrected chi connectivity index (χ1v) is 4.19. The lowest BCUT2D eigenvalue weighted by molar-refractivity contribution is 0.101. The van der Waals surface area contributed by atoms with Crippen LogP contribution in [0.3, 0.4) is 0 Å². The molecule has 2 heterocycles. The lowest BCUT2D eigenvalue weighted by Crippen LogP contribution is -1.94. The van der Waals surface area contributed by atoms with Crippen LogP contribution in [0.4, 0.5) is 0 Å². The number of rotatable bonds is 1. The molecular formula is C9H7ClN2O. The second-order valence-electron chi connectivity index (χ2n) is 2.80. The average Bonchev–Trinajstić information content (AvgIpc) is 2.47. The summed E-state index contributed by atoms with van der Waals surface area (Å²) in [6.45, 7) is 1.53. The largest absolute Gasteiger partial charge is 0.304 e. The molecule has 0 bridgehead atoms. The van der Waals surface area contributed by atoms with E-state index in [2.05, 4.69) is 4.98 Å². The number of nitrogens with zero attached hydrogens (tertiary/aromatic N) is 2. The van der Waals surface area contributed by atoms with Crippen LogP contribution in [0, 0.1) is 0 Å². The molecule has 0 aliphatic carbocycles. The van der Waals surface area contributed by atoms with Gasteiger partial charge in [-0.2, -0.15) is 0 Å². The molecule has 0 aliphatic heterocycles. The first-order valence-electron chi connectivity index (χ1n) is 3.81. The second kappa shape index (κ2) is 2.85. The minimum Gasteiger partial charge on any atom is -0.304 e. The van der Waals surface area contributed by atoms with Crippen LogP contribution in [0.5, 0.6) is 0 Å². The first-order chi connectivity index (χ1) is 6.18. The lowest BCUT2D eigenvalue weighted by atomic mass is 10.2. The van der Waals surface area contributed by atoms with E-state index in [0.29, 0.717) is 10.7 Å². The highest BCUT2D eigenvalue weighted by atomic mass is 35.5. The van der Waals surface area contributed by atoms with E-state index in [9.17, 15) is 4.79 Å². The molecule has 0 amide bonds. The molecular weight excluding hydrogens is 188 g/mol. The zero-order valence-corrected chi connectivity index (χ0v) is 7.75. The number of pyridine rings is 1. The number of imidazole rings is 1. The zero-order chi connectivity index (χ0) is 9.42. The Morgan fingerprint density at radius 2 is 2.31 bits per heavy atom. The number of halogens is 1. The van der Waals surface area contributed by atoms with Gasteiger partial charge in [0, 0.05) is 11.8 Å². The SMILES string of the molecule is CC(=O)c1ccc2c(Cl)ncn2c1. The molecule has 2 aromatic heterocycles. The Balaban J connectivity index is 2.70. The Hall–Kier alpha value is -1.35. The summed E-state index contributed by atoms with van der Waals surface area (Å²) in [4.78, 5) is 14.9. The van der Waals surface area contributed by atoms with Crippen LogP contribution in [-0.2, 0) is 0 Å². The van der Waals surface area contributed by atoms with Crippen molar-refractivity contribution in [2.24, 2.45) is 0 Å². The van der Waals surface area contributed by atoms with Crippen molar-refractivity contribution in [1.29, 1.82) is 0 Å². The predicted molar refractivity (Wildman–Crippen MR) is 50.2 cm³/mol. The van der Waals surface area contributed by atoms with E-state index in [1.54, 1.807) is 29.1 Å². The van der Waals surface area contributed by atoms with Crippen molar-refractivity contribution in [3.63, 3.8) is 0 Å². The van der Waals surface area contributed by atoms with Crippen LogP contribution in [0.1, 0.15) is 17.3 Å². The van der Waals surface area contributed by atoms with E-state index < -0.39 is 0 Å². The molecule has 0 aromatic carbocycles. The summed E-state index contributed by atoms with van der Waals surface area (Å²) >= 11 is 5.79. The number of fused-ring (bicyclic) bond motifs is 1. The molecule has 0 aliphatic rings. The Morgan fingerprint density at radius 1 is 1.54 bits per heavy atom. The van der Waals surface area contributed by atoms with Gasteiger partial charge in [-0.05, 0) is 19.1 Å². The molecule has 0 spiro atoms. The normalized spacial score (nSPS) is 10.6. The van der Waals surface area contributed by atoms with E-state index in [4.69, 9.17) is 11.6 Å². The van der Waals surface area contributed by atoms with E-state index >= 15 is 0 Å². The Morgan fingerprint density at radius 3 is 3.00 bits per heavy atom. The van der Waals surface area contributed by atoms with Gasteiger partial charge in [-0.15, -0.1) is 0 Å². The number of aromatic nitrogens is 2. The van der Waals surface area contributed by atoms with Crippen molar-refractivity contribution in [2.75, 3.05) is 0 Å². The van der Waals surface area contributed by atoms with Crippen molar-refractivity contribution in [3.05, 3.63) is 35.4 Å². The van der Waals surface area contributed by atoms with Crippen molar-refractivity contribution in [1.82, 2.24) is 9.38 Å². The monoisotopic (exact) mass is 194 g/mol. The molecule has 3 nitrogen and oxygen atoms in total. The van der Waals surface area contributed by atoms with Gasteiger partial charge >= 0.3 is 0 Å². The van der Waals surface area contributed by atoms with Crippen LogP contribution in [0.15, 0.2) is 24.7 Å². The van der Waals surface area contributed by atoms with Crippen LogP contribution in [0.2, 0.25) is 5.15 Å². The summed E-state index contributed by atoms with van der Waals surface area (Å²) in [5.74, 6) is 0.0340. The number of carbonyl (C=O) groups excluding carboxylic acids is 1. The topological polar surface area (TPSA) is 34.4 Å². The summed E-state index contributed by atoms with van der Waals surface area (Å²) in [7, 11) is 0. The standard InChI is InChI=1S/C9H7ClN2O/c1-6(13)7-2-3-8-9(10)11-5-12(8)4-7/h2-5H,1H3. The van der Waals surface area contributed by atoms with Crippen LogP contribution < -0.4 is 0 Å². The molecule has 0 N–H and O–H groups in total. The van der Waals surface area contributed by atoms with Gasteiger partial charge in [0.1, 0.15) is 6.33 Å². The van der Waals surface area contributed by atoms with Gasteiger partial charge in [-0.1, -0.05) is 11.6 Å². The quantitative estimate of drug-likeness (QED) is 0.653. The fourth-order valence-electron chi connectivity index (χ4n) is 1.18. The smallest absolute Gasteiger partial charge is 0.161 e. The van der Waals surface area contributed by atoms with Crippen LogP contribution >= 0.6 is 11.6 Å². The molecule has 0 radical (unpaired) electrons. The maximum absolute atomic E-state index is 11.0. The van der Waals surface area contributed by atoms with E-state index in [0.717, 1.165) is 5.52 Å². The minimum atomic E-state index is 0.0340. The summed E-state index contributed by atoms with van der Waals surface area (Å²) in [5, 5.41) is 0.454. The van der Waals surface area contributed by atoms with Crippen LogP contribution in [0.25, 0.3) is 5.52 Å². The Kier molecular flexibility index (Phi) is 1.81. The summed E-state index contributed by atoms with van der Waals surface area (Å²) in [6, 6.07) is 3.53. The fourth-order valence-corrected chi connectivity index (χ4v) is 1.38. The summed E-state index contributed by atoms with van der Waals surface area (Å²) in [6.07, 6.45) is 3.31. The molecule has 2 rings (SSSR count). The highest BCUT2D eigenvalue weighted by molar-refractivity contribution is 6.32. The summed E-state index contributed by atoms with van der Waals surface area (Å²) < 4.78 is 1.74. The molecule has 0 atom stereocenters. The molecule has 0 saturated carbocycles. The molecule has 66 valence electrons. The number of hydrogen-bond donors (Lipinski definition) is 0. The first kappa shape index (κ1) is 8.26. The van der Waals surface area contributed by atoms with E-state index in [1.807, 2.05) is 0 Å². The number of Topliss-reactive ketones (excluding diaryl/α,β-unsaturated/α-hetero) is 1. The molecule has 0 fully saturated rings. The van der Waals surface area contributed by atoms with E-state index in [1.165, 1.54) is 6.92 Å². The van der Waals surface area contributed by atoms with E-state index in [-0.39, 0.29) is 5.78 Å². The lowest BCUT2D eigenvalue weighted by Gasteiger charge is -1.97. The summed E-state index contributed by atoms with van der Waals surface area (Å²) in [5.41, 5.74) is 1.47. The number of carbonyl (C=O) groups is 1. The van der Waals surface area contributed by atoms with Crippen molar-refractivity contribution in [2.45, 2.75) is 6.92 Å². The number of hydrogen-bond acceptors (Lipinski definition) is 2. The maximum atomic E-state index is 11.0. The maximum Gasteiger partial charge on any atom is 0.161 e. The van der Waals surface area contributed by atoms with Crippen LogP contribution in [-0.4, -0.2) is 15.2 Å². The van der Waals surface area contributed by atoms with Gasteiger partial charge in [0.25, 0.3) is 0 Å². The Bertz CT molecular complexity index is 475. The van der Waals surface area contributed by atoms with Gasteiger partial charge < -0.3 is 4.40 Å². The molecule has 0 unspecified atom stereocenters. The van der Waals surface area contributed by atoms with Crippen molar-refractivity contribution < 1.29 is 4.79 Å². The second-order valence-corrected chi connectivity index (χ2v) is 3.16. The third kappa shape index (κ3) is 1.31. The van der Waals surface area contributed by atoms with Gasteiger partial charge in [0.15, 0.2) is 10.9 Å². The third-order valence-electron chi connectivity index (χ3n) is 1.89. The highest BCUT2D eigenvalue weighted by Gasteiger charge is 2.03. The molecule has 4 heteroatoms. The van der Waals surface area contributed by atoms with Crippen molar-refractivity contribution >= 4 is 22.9 Å². The highest BCUT2D eigenvalue weighted by Crippen LogP contribution is 2.15. The minimum absolute atomic E-state index is 0.0340. The van der Waals surface area contributed by atoms with Gasteiger partial charge in [0.05, 0.1) is 5.52 Å². The predicted octanol–water partition coefficient (Wildman–Crippen LogP) is 2.19. The molecule has 0 saturated heterocycles. The average molecular weight is 195 g/mol. The van der Waals surface area contributed by atoms with Gasteiger partial charge in [-0.3, -0.25) is 4.79 Å². The fraction of sp³-hybridized carbons (Fsp3) is 0.111. The molecule has 2 aromatic rings. The Labute approximate surface area is 80.0 Å². The van der Waals surface area contributed by atoms with Gasteiger partial charge in [0.2, 0.25) is 0 Å². The zero-order valence-electron chi connectivity index (χ0n) is 6.99. The third-order valence-corrected chi connectivity index (χ3v) is 2.18. The van der Waals surface area contributed by atoms with Gasteiger partial charge in [-0.25, -0.2) is 4.98 Å². The van der Waals surface area contributed by atoms with Crippen molar-refractivity contribution in [3.8, 4) is 0 Å².